The Morgan fingerprint density at radius 3 is 2.50 bits per heavy atom. The first-order valence-electron chi connectivity index (χ1n) is 5.79. The molecule has 6 heteroatoms. The standard InChI is InChI=1S/C14H11Cl3N2O/c1-8-14(17)9(2)19(18-8)13(20)6-4-10-3-5-11(15)7-12(10)16/h3-7H,1-2H3/b6-4+. The van der Waals surface area contributed by atoms with Crippen molar-refractivity contribution in [2.75, 3.05) is 0 Å². The molecule has 1 aromatic heterocycles. The number of carbonyl (C=O) groups is 1. The van der Waals surface area contributed by atoms with E-state index in [9.17, 15) is 4.79 Å². The number of hydrogen-bond donors (Lipinski definition) is 0. The van der Waals surface area contributed by atoms with Gasteiger partial charge in [-0.05, 0) is 37.6 Å². The summed E-state index contributed by atoms with van der Waals surface area (Å²) in [5.74, 6) is -0.288. The molecule has 104 valence electrons. The first-order valence-corrected chi connectivity index (χ1v) is 6.92. The molecule has 2 rings (SSSR count). The second-order valence-corrected chi connectivity index (χ2v) is 5.46. The van der Waals surface area contributed by atoms with Crippen molar-refractivity contribution in [2.45, 2.75) is 13.8 Å². The molecule has 20 heavy (non-hydrogen) atoms. The van der Waals surface area contributed by atoms with Crippen LogP contribution in [0.25, 0.3) is 6.08 Å². The third kappa shape index (κ3) is 3.06. The molecule has 0 fully saturated rings. The van der Waals surface area contributed by atoms with Crippen LogP contribution in [0.1, 0.15) is 21.7 Å². The monoisotopic (exact) mass is 328 g/mol. The number of rotatable bonds is 2. The molecular formula is C14H11Cl3N2O. The summed E-state index contributed by atoms with van der Waals surface area (Å²) in [5, 5.41) is 5.61. The van der Waals surface area contributed by atoms with Crippen LogP contribution in [-0.2, 0) is 0 Å². The van der Waals surface area contributed by atoms with Gasteiger partial charge in [-0.3, -0.25) is 4.79 Å². The number of aryl methyl sites for hydroxylation is 1. The number of aromatic nitrogens is 2. The summed E-state index contributed by atoms with van der Waals surface area (Å²) in [6.07, 6.45) is 3.01. The fourth-order valence-corrected chi connectivity index (χ4v) is 2.30. The maximum Gasteiger partial charge on any atom is 0.271 e. The molecule has 0 N–H and O–H groups in total. The lowest BCUT2D eigenvalue weighted by molar-refractivity contribution is 0.0952. The molecule has 0 atom stereocenters. The van der Waals surface area contributed by atoms with Crippen LogP contribution in [0.4, 0.5) is 0 Å². The summed E-state index contributed by atoms with van der Waals surface area (Å²) >= 11 is 17.8. The van der Waals surface area contributed by atoms with Crippen LogP contribution in [0.5, 0.6) is 0 Å². The molecule has 0 aliphatic rings. The lowest BCUT2D eigenvalue weighted by atomic mass is 10.2. The maximum absolute atomic E-state index is 12.1. The van der Waals surface area contributed by atoms with Crippen molar-refractivity contribution in [1.29, 1.82) is 0 Å². The van der Waals surface area contributed by atoms with Gasteiger partial charge in [-0.2, -0.15) is 9.78 Å². The van der Waals surface area contributed by atoms with Crippen molar-refractivity contribution in [3.05, 3.63) is 56.3 Å². The Balaban J connectivity index is 2.27. The highest BCUT2D eigenvalue weighted by Crippen LogP contribution is 2.22. The third-order valence-corrected chi connectivity index (χ3v) is 3.89. The van der Waals surface area contributed by atoms with Crippen LogP contribution in [0.3, 0.4) is 0 Å². The van der Waals surface area contributed by atoms with Crippen molar-refractivity contribution in [1.82, 2.24) is 9.78 Å². The number of allylic oxidation sites excluding steroid dienone is 1. The lowest BCUT2D eigenvalue weighted by Gasteiger charge is -2.00. The van der Waals surface area contributed by atoms with Crippen LogP contribution >= 0.6 is 34.8 Å². The SMILES string of the molecule is Cc1nn(C(=O)/C=C/c2ccc(Cl)cc2Cl)c(C)c1Cl. The van der Waals surface area contributed by atoms with Crippen molar-refractivity contribution in [2.24, 2.45) is 0 Å². The van der Waals surface area contributed by atoms with Crippen LogP contribution in [0.2, 0.25) is 15.1 Å². The zero-order valence-corrected chi connectivity index (χ0v) is 13.1. The number of benzene rings is 1. The van der Waals surface area contributed by atoms with Crippen LogP contribution in [0.15, 0.2) is 24.3 Å². The normalized spacial score (nSPS) is 11.2. The Morgan fingerprint density at radius 1 is 1.25 bits per heavy atom. The van der Waals surface area contributed by atoms with Gasteiger partial charge in [-0.25, -0.2) is 0 Å². The van der Waals surface area contributed by atoms with Gasteiger partial charge in [0.25, 0.3) is 5.91 Å². The third-order valence-electron chi connectivity index (χ3n) is 2.78. The first kappa shape index (κ1) is 15.1. The Morgan fingerprint density at radius 2 is 1.95 bits per heavy atom. The molecule has 0 aliphatic heterocycles. The molecule has 0 unspecified atom stereocenters. The molecule has 0 saturated heterocycles. The summed E-state index contributed by atoms with van der Waals surface area (Å²) in [6.45, 7) is 3.49. The predicted octanol–water partition coefficient (Wildman–Crippen LogP) is 4.81. The van der Waals surface area contributed by atoms with Crippen LogP contribution < -0.4 is 0 Å². The highest BCUT2D eigenvalue weighted by atomic mass is 35.5. The molecule has 2 aromatic rings. The summed E-state index contributed by atoms with van der Waals surface area (Å²) < 4.78 is 1.26. The minimum atomic E-state index is -0.288. The van der Waals surface area contributed by atoms with Gasteiger partial charge in [0.15, 0.2) is 0 Å². The van der Waals surface area contributed by atoms with Gasteiger partial charge in [-0.15, -0.1) is 0 Å². The number of carbonyl (C=O) groups excluding carboxylic acids is 1. The van der Waals surface area contributed by atoms with Crippen molar-refractivity contribution in [3.8, 4) is 0 Å². The van der Waals surface area contributed by atoms with E-state index in [0.717, 1.165) is 0 Å². The number of nitrogens with zero attached hydrogens (tertiary/aromatic N) is 2. The molecule has 0 radical (unpaired) electrons. The molecule has 0 aliphatic carbocycles. The quantitative estimate of drug-likeness (QED) is 0.741. The minimum absolute atomic E-state index is 0.288. The predicted molar refractivity (Wildman–Crippen MR) is 82.8 cm³/mol. The van der Waals surface area contributed by atoms with Gasteiger partial charge < -0.3 is 0 Å². The van der Waals surface area contributed by atoms with Crippen LogP contribution in [0, 0.1) is 13.8 Å². The van der Waals surface area contributed by atoms with Crippen molar-refractivity contribution < 1.29 is 4.79 Å². The van der Waals surface area contributed by atoms with E-state index in [1.807, 2.05) is 0 Å². The fourth-order valence-electron chi connectivity index (χ4n) is 1.71. The molecule has 0 saturated carbocycles. The highest BCUT2D eigenvalue weighted by Gasteiger charge is 2.13. The van der Waals surface area contributed by atoms with E-state index in [-0.39, 0.29) is 5.91 Å². The molecular weight excluding hydrogens is 319 g/mol. The maximum atomic E-state index is 12.1. The van der Waals surface area contributed by atoms with E-state index in [0.29, 0.717) is 32.0 Å². The van der Waals surface area contributed by atoms with Gasteiger partial charge >= 0.3 is 0 Å². The van der Waals surface area contributed by atoms with Gasteiger partial charge in [0.2, 0.25) is 0 Å². The fraction of sp³-hybridized carbons (Fsp3) is 0.143. The van der Waals surface area contributed by atoms with E-state index in [1.54, 1.807) is 38.1 Å². The van der Waals surface area contributed by atoms with Gasteiger partial charge in [-0.1, -0.05) is 40.9 Å². The Bertz CT molecular complexity index is 705. The topological polar surface area (TPSA) is 34.9 Å². The lowest BCUT2D eigenvalue weighted by Crippen LogP contribution is -2.11. The van der Waals surface area contributed by atoms with E-state index in [1.165, 1.54) is 10.8 Å². The largest absolute Gasteiger partial charge is 0.271 e. The summed E-state index contributed by atoms with van der Waals surface area (Å²) in [6, 6.07) is 5.06. The average molecular weight is 330 g/mol. The summed E-state index contributed by atoms with van der Waals surface area (Å²) in [7, 11) is 0. The molecule has 1 aromatic carbocycles. The van der Waals surface area contributed by atoms with Crippen molar-refractivity contribution >= 4 is 46.8 Å². The van der Waals surface area contributed by atoms with Crippen molar-refractivity contribution in [3.63, 3.8) is 0 Å². The molecule has 0 bridgehead atoms. The minimum Gasteiger partial charge on any atom is -0.267 e. The zero-order valence-electron chi connectivity index (χ0n) is 10.8. The van der Waals surface area contributed by atoms with Gasteiger partial charge in [0.05, 0.1) is 16.4 Å². The number of halogens is 3. The Labute approximate surface area is 131 Å². The summed E-state index contributed by atoms with van der Waals surface area (Å²) in [5.41, 5.74) is 1.94. The average Bonchev–Trinajstić information content (AvgIpc) is 2.65. The molecule has 0 amide bonds. The van der Waals surface area contributed by atoms with E-state index in [4.69, 9.17) is 34.8 Å². The summed E-state index contributed by atoms with van der Waals surface area (Å²) in [4.78, 5) is 12.1. The van der Waals surface area contributed by atoms with E-state index >= 15 is 0 Å². The Kier molecular flexibility index (Phi) is 4.53. The van der Waals surface area contributed by atoms with E-state index in [2.05, 4.69) is 5.10 Å². The molecule has 3 nitrogen and oxygen atoms in total. The zero-order chi connectivity index (χ0) is 14.9. The van der Waals surface area contributed by atoms with Crippen LogP contribution in [-0.4, -0.2) is 15.7 Å². The highest BCUT2D eigenvalue weighted by molar-refractivity contribution is 6.35. The smallest absolute Gasteiger partial charge is 0.267 e. The van der Waals surface area contributed by atoms with Gasteiger partial charge in [0.1, 0.15) is 0 Å². The second-order valence-electron chi connectivity index (χ2n) is 4.23. The Hall–Kier alpha value is -1.29. The second kappa shape index (κ2) is 6.00. The van der Waals surface area contributed by atoms with E-state index < -0.39 is 0 Å². The molecule has 1 heterocycles. The first-order chi connectivity index (χ1) is 9.40. The number of hydrogen-bond acceptors (Lipinski definition) is 2. The van der Waals surface area contributed by atoms with Gasteiger partial charge in [0, 0.05) is 16.1 Å². The molecule has 0 spiro atoms.